The molecule has 2 fully saturated rings. The molecule has 1 aromatic rings. The van der Waals surface area contributed by atoms with Crippen molar-refractivity contribution in [1.82, 2.24) is 4.90 Å². The van der Waals surface area contributed by atoms with Crippen LogP contribution in [-0.4, -0.2) is 24.9 Å². The van der Waals surface area contributed by atoms with Crippen LogP contribution >= 0.6 is 23.2 Å². The zero-order valence-corrected chi connectivity index (χ0v) is 12.3. The zero-order chi connectivity index (χ0) is 13.4. The van der Waals surface area contributed by atoms with Gasteiger partial charge in [-0.2, -0.15) is 4.90 Å². The molecule has 2 atom stereocenters. The van der Waals surface area contributed by atoms with Crippen LogP contribution in [0.3, 0.4) is 0 Å². The molecule has 0 amide bonds. The molecular formula is C15H17Cl2NO+. The number of carbonyl (C=O) groups excluding carboxylic acids is 1. The number of Topliss-reactive ketones (excluding diaryl/α,β-unsaturated/α-hetero) is 1. The van der Waals surface area contributed by atoms with Crippen molar-refractivity contribution in [3.63, 3.8) is 0 Å². The number of fused-ring (bicyclic) bond motifs is 1. The maximum Gasteiger partial charge on any atom is 0.192 e. The first-order chi connectivity index (χ1) is 9.13. The molecule has 0 bridgehead atoms. The predicted octanol–water partition coefficient (Wildman–Crippen LogP) is 3.74. The van der Waals surface area contributed by atoms with Crippen molar-refractivity contribution in [1.29, 1.82) is 0 Å². The summed E-state index contributed by atoms with van der Waals surface area (Å²) in [4.78, 5) is 14.4. The van der Waals surface area contributed by atoms with E-state index in [4.69, 9.17) is 23.2 Å². The summed E-state index contributed by atoms with van der Waals surface area (Å²) < 4.78 is 0. The fourth-order valence-electron chi connectivity index (χ4n) is 3.37. The number of hydrogen-bond donors (Lipinski definition) is 0. The molecule has 2 nitrogen and oxygen atoms in total. The molecule has 2 saturated heterocycles. The minimum atomic E-state index is 0.287. The third-order valence-electron chi connectivity index (χ3n) is 4.32. The van der Waals surface area contributed by atoms with E-state index >= 15 is 0 Å². The summed E-state index contributed by atoms with van der Waals surface area (Å²) in [5, 5.41) is 1.16. The van der Waals surface area contributed by atoms with Crippen molar-refractivity contribution >= 4 is 29.0 Å². The van der Waals surface area contributed by atoms with Gasteiger partial charge in [0.2, 0.25) is 0 Å². The lowest BCUT2D eigenvalue weighted by molar-refractivity contribution is -0.118. The van der Waals surface area contributed by atoms with Crippen LogP contribution in [0.1, 0.15) is 37.2 Å². The van der Waals surface area contributed by atoms with Gasteiger partial charge >= 0.3 is 0 Å². The van der Waals surface area contributed by atoms with Gasteiger partial charge in [0.1, 0.15) is 12.6 Å². The fraction of sp³-hybridized carbons (Fsp3) is 0.533. The Balaban J connectivity index is 1.86. The SMILES string of the molecule is O=C1C[C@@H](c2ccc(Cl)c(Cl)c2)CC2CCC[N+]2C1. The van der Waals surface area contributed by atoms with E-state index in [0.717, 1.165) is 18.5 Å². The highest BCUT2D eigenvalue weighted by atomic mass is 35.5. The Bertz CT molecular complexity index is 503. The number of rotatable bonds is 1. The number of nitrogens with zero attached hydrogens (tertiary/aromatic N) is 1. The number of carbonyl (C=O) groups is 1. The minimum Gasteiger partial charge on any atom is -0.293 e. The summed E-state index contributed by atoms with van der Waals surface area (Å²) in [5.74, 6) is 0.635. The van der Waals surface area contributed by atoms with Crippen molar-refractivity contribution in [2.24, 2.45) is 0 Å². The predicted molar refractivity (Wildman–Crippen MR) is 78.3 cm³/mol. The number of halogens is 2. The third-order valence-corrected chi connectivity index (χ3v) is 5.06. The second-order valence-corrected chi connectivity index (χ2v) is 6.43. The molecule has 2 aliphatic heterocycles. The maximum atomic E-state index is 12.1. The van der Waals surface area contributed by atoms with E-state index in [-0.39, 0.29) is 5.92 Å². The quantitative estimate of drug-likeness (QED) is 0.724. The molecule has 0 saturated carbocycles. The van der Waals surface area contributed by atoms with E-state index in [0.29, 0.717) is 34.8 Å². The van der Waals surface area contributed by atoms with Gasteiger partial charge in [-0.25, -0.2) is 0 Å². The smallest absolute Gasteiger partial charge is 0.192 e. The molecule has 1 aromatic carbocycles. The van der Waals surface area contributed by atoms with Gasteiger partial charge in [-0.15, -0.1) is 0 Å². The van der Waals surface area contributed by atoms with Crippen LogP contribution < -0.4 is 4.90 Å². The number of ketones is 1. The second kappa shape index (κ2) is 5.43. The second-order valence-electron chi connectivity index (χ2n) is 5.62. The molecule has 101 valence electrons. The summed E-state index contributed by atoms with van der Waals surface area (Å²) in [6, 6.07) is 6.33. The van der Waals surface area contributed by atoms with E-state index in [1.165, 1.54) is 12.8 Å². The van der Waals surface area contributed by atoms with Crippen LogP contribution in [0.15, 0.2) is 18.2 Å². The lowest BCUT2D eigenvalue weighted by Gasteiger charge is -2.16. The highest BCUT2D eigenvalue weighted by molar-refractivity contribution is 6.42. The summed E-state index contributed by atoms with van der Waals surface area (Å²) in [5.41, 5.74) is 1.15. The summed E-state index contributed by atoms with van der Waals surface area (Å²) in [7, 11) is 0. The van der Waals surface area contributed by atoms with E-state index in [9.17, 15) is 4.79 Å². The van der Waals surface area contributed by atoms with Crippen molar-refractivity contribution in [2.75, 3.05) is 13.1 Å². The van der Waals surface area contributed by atoms with Gasteiger partial charge in [0, 0.05) is 25.7 Å². The van der Waals surface area contributed by atoms with Crippen molar-refractivity contribution in [3.05, 3.63) is 33.8 Å². The Morgan fingerprint density at radius 3 is 2.84 bits per heavy atom. The molecule has 2 heterocycles. The van der Waals surface area contributed by atoms with Crippen molar-refractivity contribution < 1.29 is 4.79 Å². The Labute approximate surface area is 123 Å². The average Bonchev–Trinajstić information content (AvgIpc) is 2.73. The van der Waals surface area contributed by atoms with Gasteiger partial charge in [-0.3, -0.25) is 4.79 Å². The molecule has 19 heavy (non-hydrogen) atoms. The standard InChI is InChI=1S/C15H17Cl2NO/c16-14-4-3-10(8-15(14)17)11-6-12-2-1-5-18(12)9-13(19)7-11/h3-4,8,11-12H,1-2,5-7,9H2/q+1/t11-,12?/m0/s1. The van der Waals surface area contributed by atoms with Gasteiger partial charge in [0.15, 0.2) is 12.3 Å². The van der Waals surface area contributed by atoms with E-state index in [1.54, 1.807) is 0 Å². The van der Waals surface area contributed by atoms with Crippen LogP contribution in [0.5, 0.6) is 0 Å². The lowest BCUT2D eigenvalue weighted by Crippen LogP contribution is -2.37. The molecular weight excluding hydrogens is 281 g/mol. The first kappa shape index (κ1) is 13.4. The number of hydrogen-bond acceptors (Lipinski definition) is 2. The third kappa shape index (κ3) is 2.81. The Morgan fingerprint density at radius 2 is 2.05 bits per heavy atom. The molecule has 0 N–H and O–H groups in total. The van der Waals surface area contributed by atoms with Crippen LogP contribution in [0.4, 0.5) is 0 Å². The summed E-state index contributed by atoms with van der Waals surface area (Å²) >= 11 is 12.1. The molecule has 3 rings (SSSR count). The van der Waals surface area contributed by atoms with Gasteiger partial charge in [-0.1, -0.05) is 29.3 Å². The Hall–Kier alpha value is -0.570. The highest BCUT2D eigenvalue weighted by Crippen LogP contribution is 2.35. The van der Waals surface area contributed by atoms with Gasteiger partial charge in [-0.05, 0) is 23.6 Å². The fourth-order valence-corrected chi connectivity index (χ4v) is 3.67. The van der Waals surface area contributed by atoms with Gasteiger partial charge < -0.3 is 0 Å². The first-order valence-electron chi connectivity index (χ1n) is 6.84. The largest absolute Gasteiger partial charge is 0.293 e. The molecule has 4 heteroatoms. The zero-order valence-electron chi connectivity index (χ0n) is 10.7. The van der Waals surface area contributed by atoms with Crippen molar-refractivity contribution in [3.8, 4) is 0 Å². The summed E-state index contributed by atoms with van der Waals surface area (Å²) in [6.45, 7) is 1.70. The van der Waals surface area contributed by atoms with Crippen LogP contribution in [0, 0.1) is 0 Å². The molecule has 0 aromatic heterocycles. The molecule has 2 aliphatic rings. The van der Waals surface area contributed by atoms with Crippen LogP contribution in [0.25, 0.3) is 0 Å². The van der Waals surface area contributed by atoms with Crippen LogP contribution in [0.2, 0.25) is 10.0 Å². The maximum absolute atomic E-state index is 12.1. The molecule has 1 unspecified atom stereocenters. The Morgan fingerprint density at radius 1 is 1.21 bits per heavy atom. The summed E-state index contributed by atoms with van der Waals surface area (Å²) in [6.07, 6.45) is 4.12. The Kier molecular flexibility index (Phi) is 3.84. The minimum absolute atomic E-state index is 0.287. The highest BCUT2D eigenvalue weighted by Gasteiger charge is 2.40. The monoisotopic (exact) mass is 297 g/mol. The molecule has 1 radical (unpaired) electrons. The molecule has 0 spiro atoms. The average molecular weight is 298 g/mol. The van der Waals surface area contributed by atoms with E-state index in [1.807, 2.05) is 18.2 Å². The molecule has 0 aliphatic carbocycles. The normalized spacial score (nSPS) is 28.2. The number of benzene rings is 1. The topological polar surface area (TPSA) is 23.0 Å². The van der Waals surface area contributed by atoms with E-state index in [2.05, 4.69) is 4.90 Å². The van der Waals surface area contributed by atoms with Crippen molar-refractivity contribution in [2.45, 2.75) is 37.6 Å². The first-order valence-corrected chi connectivity index (χ1v) is 7.60. The van der Waals surface area contributed by atoms with Gasteiger partial charge in [0.05, 0.1) is 10.0 Å². The van der Waals surface area contributed by atoms with Gasteiger partial charge in [0.25, 0.3) is 0 Å². The van der Waals surface area contributed by atoms with E-state index < -0.39 is 0 Å². The lowest BCUT2D eigenvalue weighted by atomic mass is 9.88. The van der Waals surface area contributed by atoms with Crippen LogP contribution in [-0.2, 0) is 4.79 Å².